The van der Waals surface area contributed by atoms with Gasteiger partial charge in [-0.05, 0) is 44.0 Å². The molecular formula is C14H15ClN4O2. The fraction of sp³-hybridized carbons (Fsp3) is 0.357. The highest BCUT2D eigenvalue weighted by molar-refractivity contribution is 6.33. The first kappa shape index (κ1) is 14.0. The monoisotopic (exact) mass is 306 g/mol. The van der Waals surface area contributed by atoms with Gasteiger partial charge >= 0.3 is 0 Å². The third-order valence-electron chi connectivity index (χ3n) is 3.37. The van der Waals surface area contributed by atoms with Crippen molar-refractivity contribution in [2.45, 2.75) is 25.8 Å². The van der Waals surface area contributed by atoms with Gasteiger partial charge in [0.1, 0.15) is 0 Å². The Kier molecular flexibility index (Phi) is 3.90. The van der Waals surface area contributed by atoms with Gasteiger partial charge in [-0.25, -0.2) is 0 Å². The molecule has 2 heterocycles. The summed E-state index contributed by atoms with van der Waals surface area (Å²) < 4.78 is 5.14. The molecule has 2 aromatic rings. The van der Waals surface area contributed by atoms with Gasteiger partial charge in [0, 0.05) is 0 Å². The van der Waals surface area contributed by atoms with Crippen molar-refractivity contribution in [1.82, 2.24) is 15.5 Å². The minimum Gasteiger partial charge on any atom is -0.337 e. The summed E-state index contributed by atoms with van der Waals surface area (Å²) in [4.78, 5) is 16.3. The lowest BCUT2D eigenvalue weighted by molar-refractivity contribution is 0.101. The number of amides is 1. The van der Waals surface area contributed by atoms with Crippen molar-refractivity contribution in [3.8, 4) is 0 Å². The highest BCUT2D eigenvalue weighted by Crippen LogP contribution is 2.24. The minimum atomic E-state index is -0.435. The topological polar surface area (TPSA) is 80.0 Å². The Balaban J connectivity index is 1.74. The van der Waals surface area contributed by atoms with Crippen LogP contribution in [-0.2, 0) is 0 Å². The van der Waals surface area contributed by atoms with Crippen molar-refractivity contribution in [2.24, 2.45) is 0 Å². The normalized spacial score (nSPS) is 17.9. The molecular weight excluding hydrogens is 292 g/mol. The van der Waals surface area contributed by atoms with Crippen molar-refractivity contribution < 1.29 is 9.32 Å². The summed E-state index contributed by atoms with van der Waals surface area (Å²) in [5, 5.41) is 10.1. The Morgan fingerprint density at radius 3 is 3.14 bits per heavy atom. The number of aromatic nitrogens is 2. The molecule has 0 saturated carbocycles. The van der Waals surface area contributed by atoms with E-state index in [1.54, 1.807) is 12.1 Å². The summed E-state index contributed by atoms with van der Waals surface area (Å²) >= 11 is 6.05. The summed E-state index contributed by atoms with van der Waals surface area (Å²) in [7, 11) is 0. The standard InChI is InChI=1S/C14H15ClN4O2/c1-8-4-5-9(15)11(7-8)17-13(20)12-18-14(21-19-12)10-3-2-6-16-10/h4-5,7,10,16H,2-3,6H2,1H3,(H,17,20). The van der Waals surface area contributed by atoms with Crippen molar-refractivity contribution in [2.75, 3.05) is 11.9 Å². The number of carbonyl (C=O) groups excluding carboxylic acids is 1. The maximum Gasteiger partial charge on any atom is 0.297 e. The summed E-state index contributed by atoms with van der Waals surface area (Å²) in [5.74, 6) is 0.0276. The molecule has 0 radical (unpaired) electrons. The van der Waals surface area contributed by atoms with Gasteiger partial charge in [0.05, 0.1) is 16.8 Å². The molecule has 1 atom stereocenters. The van der Waals surface area contributed by atoms with Crippen LogP contribution in [0.25, 0.3) is 0 Å². The van der Waals surface area contributed by atoms with Gasteiger partial charge in [0.2, 0.25) is 5.89 Å². The second-order valence-corrected chi connectivity index (χ2v) is 5.45. The summed E-state index contributed by atoms with van der Waals surface area (Å²) in [6, 6.07) is 5.44. The zero-order chi connectivity index (χ0) is 14.8. The zero-order valence-electron chi connectivity index (χ0n) is 11.5. The fourth-order valence-corrected chi connectivity index (χ4v) is 2.44. The average Bonchev–Trinajstić information content (AvgIpc) is 3.12. The van der Waals surface area contributed by atoms with Crippen LogP contribution in [0.2, 0.25) is 5.02 Å². The van der Waals surface area contributed by atoms with Crippen LogP contribution >= 0.6 is 11.6 Å². The maximum atomic E-state index is 12.1. The Morgan fingerprint density at radius 1 is 1.52 bits per heavy atom. The number of aryl methyl sites for hydroxylation is 1. The number of hydrogen-bond acceptors (Lipinski definition) is 5. The van der Waals surface area contributed by atoms with Gasteiger partial charge in [-0.1, -0.05) is 22.8 Å². The molecule has 21 heavy (non-hydrogen) atoms. The Labute approximate surface area is 126 Å². The predicted octanol–water partition coefficient (Wildman–Crippen LogP) is 2.71. The number of carbonyl (C=O) groups is 1. The minimum absolute atomic E-state index is 0.0104. The molecule has 0 bridgehead atoms. The molecule has 1 aromatic carbocycles. The zero-order valence-corrected chi connectivity index (χ0v) is 12.3. The van der Waals surface area contributed by atoms with Crippen LogP contribution in [0.5, 0.6) is 0 Å². The largest absolute Gasteiger partial charge is 0.337 e. The molecule has 2 N–H and O–H groups in total. The third-order valence-corrected chi connectivity index (χ3v) is 3.70. The number of nitrogens with zero attached hydrogens (tertiary/aromatic N) is 2. The summed E-state index contributed by atoms with van der Waals surface area (Å²) in [6.45, 7) is 2.84. The smallest absolute Gasteiger partial charge is 0.297 e. The number of halogens is 1. The van der Waals surface area contributed by atoms with E-state index in [9.17, 15) is 4.79 Å². The maximum absolute atomic E-state index is 12.1. The third kappa shape index (κ3) is 3.06. The second-order valence-electron chi connectivity index (χ2n) is 5.04. The van der Waals surface area contributed by atoms with E-state index in [1.807, 2.05) is 13.0 Å². The van der Waals surface area contributed by atoms with E-state index in [0.29, 0.717) is 16.6 Å². The van der Waals surface area contributed by atoms with Gasteiger partial charge in [-0.2, -0.15) is 4.98 Å². The van der Waals surface area contributed by atoms with E-state index in [2.05, 4.69) is 20.8 Å². The molecule has 0 aliphatic carbocycles. The molecule has 1 fully saturated rings. The van der Waals surface area contributed by atoms with Crippen molar-refractivity contribution >= 4 is 23.2 Å². The molecule has 1 unspecified atom stereocenters. The van der Waals surface area contributed by atoms with E-state index in [4.69, 9.17) is 16.1 Å². The first-order valence-corrected chi connectivity index (χ1v) is 7.16. The molecule has 1 aliphatic heterocycles. The van der Waals surface area contributed by atoms with E-state index in [1.165, 1.54) is 0 Å². The number of benzene rings is 1. The fourth-order valence-electron chi connectivity index (χ4n) is 2.28. The molecule has 110 valence electrons. The van der Waals surface area contributed by atoms with Crippen molar-refractivity contribution in [1.29, 1.82) is 0 Å². The highest BCUT2D eigenvalue weighted by atomic mass is 35.5. The average molecular weight is 307 g/mol. The molecule has 0 spiro atoms. The number of rotatable bonds is 3. The predicted molar refractivity (Wildman–Crippen MR) is 78.4 cm³/mol. The molecule has 6 nitrogen and oxygen atoms in total. The van der Waals surface area contributed by atoms with Crippen molar-refractivity contribution in [3.05, 3.63) is 40.5 Å². The summed E-state index contributed by atoms with van der Waals surface area (Å²) in [6.07, 6.45) is 2.00. The van der Waals surface area contributed by atoms with Crippen LogP contribution in [0, 0.1) is 6.92 Å². The molecule has 3 rings (SSSR count). The Bertz CT molecular complexity index is 665. The lowest BCUT2D eigenvalue weighted by atomic mass is 10.2. The lowest BCUT2D eigenvalue weighted by Gasteiger charge is -2.05. The van der Waals surface area contributed by atoms with E-state index < -0.39 is 5.91 Å². The number of hydrogen-bond donors (Lipinski definition) is 2. The van der Waals surface area contributed by atoms with E-state index >= 15 is 0 Å². The van der Waals surface area contributed by atoms with Gasteiger partial charge < -0.3 is 15.2 Å². The van der Waals surface area contributed by atoms with Crippen LogP contribution in [0.3, 0.4) is 0 Å². The molecule has 1 aromatic heterocycles. The van der Waals surface area contributed by atoms with Crippen LogP contribution < -0.4 is 10.6 Å². The lowest BCUT2D eigenvalue weighted by Crippen LogP contribution is -2.16. The number of anilines is 1. The quantitative estimate of drug-likeness (QED) is 0.911. The van der Waals surface area contributed by atoms with Crippen LogP contribution in [0.15, 0.2) is 22.7 Å². The van der Waals surface area contributed by atoms with Crippen molar-refractivity contribution in [3.63, 3.8) is 0 Å². The Hall–Kier alpha value is -1.92. The first-order valence-electron chi connectivity index (χ1n) is 6.78. The van der Waals surface area contributed by atoms with Gasteiger partial charge in [0.15, 0.2) is 0 Å². The SMILES string of the molecule is Cc1ccc(Cl)c(NC(=O)c2noc(C3CCCN3)n2)c1. The van der Waals surface area contributed by atoms with E-state index in [0.717, 1.165) is 24.9 Å². The van der Waals surface area contributed by atoms with E-state index in [-0.39, 0.29) is 11.9 Å². The number of nitrogens with one attached hydrogen (secondary N) is 2. The summed E-state index contributed by atoms with van der Waals surface area (Å²) in [5.41, 5.74) is 1.53. The highest BCUT2D eigenvalue weighted by Gasteiger charge is 2.24. The van der Waals surface area contributed by atoms with Crippen LogP contribution in [0.1, 0.15) is 41.0 Å². The molecule has 1 saturated heterocycles. The first-order chi connectivity index (χ1) is 10.1. The van der Waals surface area contributed by atoms with Gasteiger partial charge in [-0.15, -0.1) is 0 Å². The van der Waals surface area contributed by atoms with Gasteiger partial charge in [-0.3, -0.25) is 4.79 Å². The van der Waals surface area contributed by atoms with Crippen LogP contribution in [0.4, 0.5) is 5.69 Å². The molecule has 1 aliphatic rings. The molecule has 7 heteroatoms. The van der Waals surface area contributed by atoms with Gasteiger partial charge in [0.25, 0.3) is 11.7 Å². The van der Waals surface area contributed by atoms with Crippen LogP contribution in [-0.4, -0.2) is 22.6 Å². The second kappa shape index (κ2) is 5.83. The molecule has 1 amide bonds. The Morgan fingerprint density at radius 2 is 2.38 bits per heavy atom.